The van der Waals surface area contributed by atoms with Crippen LogP contribution in [-0.2, 0) is 9.59 Å². The molecule has 6 heteroatoms. The zero-order valence-electron chi connectivity index (χ0n) is 12.4. The van der Waals surface area contributed by atoms with Crippen LogP contribution in [0, 0.1) is 0 Å². The Morgan fingerprint density at radius 2 is 2.10 bits per heavy atom. The number of carbonyl (C=O) groups excluding carboxylic acids is 3. The molecule has 1 fully saturated rings. The van der Waals surface area contributed by atoms with Gasteiger partial charge in [0.05, 0.1) is 0 Å². The third-order valence-corrected chi connectivity index (χ3v) is 3.51. The van der Waals surface area contributed by atoms with Crippen LogP contribution in [0.1, 0.15) is 23.7 Å². The number of imide groups is 1. The molecule has 1 aromatic rings. The number of amides is 3. The van der Waals surface area contributed by atoms with Gasteiger partial charge in [0, 0.05) is 25.3 Å². The Balaban J connectivity index is 2.31. The van der Waals surface area contributed by atoms with Crippen molar-refractivity contribution in [2.45, 2.75) is 19.4 Å². The maximum atomic E-state index is 12.6. The van der Waals surface area contributed by atoms with Crippen molar-refractivity contribution in [1.82, 2.24) is 10.2 Å². The molecule has 2 rings (SSSR count). The van der Waals surface area contributed by atoms with E-state index in [4.69, 9.17) is 0 Å². The van der Waals surface area contributed by atoms with Crippen molar-refractivity contribution in [3.63, 3.8) is 0 Å². The van der Waals surface area contributed by atoms with Gasteiger partial charge in [-0.2, -0.15) is 0 Å². The lowest BCUT2D eigenvalue weighted by molar-refractivity contribution is -0.138. The molecule has 0 spiro atoms. The molecule has 1 aliphatic rings. The number of hydrogen-bond acceptors (Lipinski definition) is 4. The van der Waals surface area contributed by atoms with E-state index in [2.05, 4.69) is 5.32 Å². The van der Waals surface area contributed by atoms with E-state index in [0.29, 0.717) is 12.0 Å². The van der Waals surface area contributed by atoms with Gasteiger partial charge >= 0.3 is 0 Å². The molecule has 0 aromatic heterocycles. The summed E-state index contributed by atoms with van der Waals surface area (Å²) < 4.78 is 0. The first-order chi connectivity index (χ1) is 9.93. The van der Waals surface area contributed by atoms with Gasteiger partial charge in [-0.05, 0) is 24.6 Å². The van der Waals surface area contributed by atoms with Crippen LogP contribution in [0.4, 0.5) is 5.69 Å². The van der Waals surface area contributed by atoms with Gasteiger partial charge < -0.3 is 9.80 Å². The highest BCUT2D eigenvalue weighted by atomic mass is 16.2. The van der Waals surface area contributed by atoms with Crippen LogP contribution in [0.25, 0.3) is 0 Å². The summed E-state index contributed by atoms with van der Waals surface area (Å²) in [6, 6.07) is 6.53. The summed E-state index contributed by atoms with van der Waals surface area (Å²) in [5.74, 6) is -1.15. The maximum Gasteiger partial charge on any atom is 0.255 e. The summed E-state index contributed by atoms with van der Waals surface area (Å²) >= 11 is 0. The number of rotatable bonds is 3. The standard InChI is InChI=1S/C15H19N3O3/c1-4-12-14(20)16-13(19)9-18(12)15(21)10-6-5-7-11(8-10)17(2)3/h5-8,12H,4,9H2,1-3H3,(H,16,19,20). The zero-order chi connectivity index (χ0) is 15.6. The van der Waals surface area contributed by atoms with Crippen molar-refractivity contribution < 1.29 is 14.4 Å². The zero-order valence-corrected chi connectivity index (χ0v) is 12.4. The fourth-order valence-electron chi connectivity index (χ4n) is 2.37. The van der Waals surface area contributed by atoms with Crippen molar-refractivity contribution in [3.05, 3.63) is 29.8 Å². The van der Waals surface area contributed by atoms with Crippen LogP contribution in [0.5, 0.6) is 0 Å². The minimum absolute atomic E-state index is 0.0880. The number of nitrogens with zero attached hydrogens (tertiary/aromatic N) is 2. The third-order valence-electron chi connectivity index (χ3n) is 3.51. The number of nitrogens with one attached hydrogen (secondary N) is 1. The molecule has 1 heterocycles. The van der Waals surface area contributed by atoms with Crippen LogP contribution in [0.3, 0.4) is 0 Å². The molecule has 0 saturated carbocycles. The van der Waals surface area contributed by atoms with E-state index in [1.54, 1.807) is 18.2 Å². The molecule has 6 nitrogen and oxygen atoms in total. The summed E-state index contributed by atoms with van der Waals surface area (Å²) in [4.78, 5) is 39.2. The van der Waals surface area contributed by atoms with E-state index in [-0.39, 0.29) is 12.5 Å². The molecule has 1 unspecified atom stereocenters. The highest BCUT2D eigenvalue weighted by Gasteiger charge is 2.35. The van der Waals surface area contributed by atoms with Gasteiger partial charge in [-0.3, -0.25) is 19.7 Å². The monoisotopic (exact) mass is 289 g/mol. The summed E-state index contributed by atoms with van der Waals surface area (Å²) in [7, 11) is 3.77. The minimum atomic E-state index is -0.599. The fourth-order valence-corrected chi connectivity index (χ4v) is 2.37. The van der Waals surface area contributed by atoms with Gasteiger partial charge in [0.25, 0.3) is 5.91 Å². The molecule has 1 N–H and O–H groups in total. The summed E-state index contributed by atoms with van der Waals surface area (Å²) in [5, 5.41) is 2.27. The van der Waals surface area contributed by atoms with Crippen LogP contribution in [-0.4, -0.2) is 49.3 Å². The Hall–Kier alpha value is -2.37. The van der Waals surface area contributed by atoms with E-state index < -0.39 is 17.9 Å². The van der Waals surface area contributed by atoms with Gasteiger partial charge in [-0.25, -0.2) is 0 Å². The molecule has 1 saturated heterocycles. The van der Waals surface area contributed by atoms with Crippen LogP contribution >= 0.6 is 0 Å². The van der Waals surface area contributed by atoms with Crippen molar-refractivity contribution in [2.24, 2.45) is 0 Å². The second-order valence-corrected chi connectivity index (χ2v) is 5.21. The molecule has 0 bridgehead atoms. The Labute approximate surface area is 123 Å². The van der Waals surface area contributed by atoms with Gasteiger partial charge in [-0.1, -0.05) is 13.0 Å². The quantitative estimate of drug-likeness (QED) is 0.829. The van der Waals surface area contributed by atoms with E-state index in [1.807, 2.05) is 32.0 Å². The minimum Gasteiger partial charge on any atom is -0.378 e. The van der Waals surface area contributed by atoms with Gasteiger partial charge in [-0.15, -0.1) is 0 Å². The van der Waals surface area contributed by atoms with E-state index >= 15 is 0 Å². The van der Waals surface area contributed by atoms with Crippen molar-refractivity contribution >= 4 is 23.4 Å². The summed E-state index contributed by atoms with van der Waals surface area (Å²) in [6.45, 7) is 1.73. The molecule has 1 aromatic carbocycles. The summed E-state index contributed by atoms with van der Waals surface area (Å²) in [5.41, 5.74) is 1.36. The molecule has 3 amide bonds. The Kier molecular flexibility index (Phi) is 4.26. The lowest BCUT2D eigenvalue weighted by Crippen LogP contribution is -2.59. The molecular formula is C15H19N3O3. The van der Waals surface area contributed by atoms with Gasteiger partial charge in [0.15, 0.2) is 0 Å². The summed E-state index contributed by atoms with van der Waals surface area (Å²) in [6.07, 6.45) is 0.470. The molecule has 0 radical (unpaired) electrons. The molecule has 21 heavy (non-hydrogen) atoms. The fraction of sp³-hybridized carbons (Fsp3) is 0.400. The number of hydrogen-bond donors (Lipinski definition) is 1. The Morgan fingerprint density at radius 3 is 2.71 bits per heavy atom. The molecule has 0 aliphatic carbocycles. The maximum absolute atomic E-state index is 12.6. The number of piperazine rings is 1. The Morgan fingerprint density at radius 1 is 1.38 bits per heavy atom. The molecule has 1 atom stereocenters. The van der Waals surface area contributed by atoms with Gasteiger partial charge in [0.1, 0.15) is 12.6 Å². The second-order valence-electron chi connectivity index (χ2n) is 5.21. The number of benzene rings is 1. The number of carbonyl (C=O) groups is 3. The smallest absolute Gasteiger partial charge is 0.255 e. The van der Waals surface area contributed by atoms with Crippen molar-refractivity contribution in [1.29, 1.82) is 0 Å². The van der Waals surface area contributed by atoms with Crippen molar-refractivity contribution in [3.8, 4) is 0 Å². The second kappa shape index (κ2) is 5.95. The molecule has 1 aliphatic heterocycles. The average Bonchev–Trinajstić information content (AvgIpc) is 2.45. The highest BCUT2D eigenvalue weighted by molar-refractivity contribution is 6.07. The molecule has 112 valence electrons. The first-order valence-corrected chi connectivity index (χ1v) is 6.86. The normalized spacial score (nSPS) is 18.4. The molecular weight excluding hydrogens is 270 g/mol. The third kappa shape index (κ3) is 3.04. The van der Waals surface area contributed by atoms with E-state index in [1.165, 1.54) is 4.90 Å². The largest absolute Gasteiger partial charge is 0.378 e. The van der Waals surface area contributed by atoms with Crippen LogP contribution in [0.15, 0.2) is 24.3 Å². The van der Waals surface area contributed by atoms with E-state index in [0.717, 1.165) is 5.69 Å². The SMILES string of the molecule is CCC1C(=O)NC(=O)CN1C(=O)c1cccc(N(C)C)c1. The van der Waals surface area contributed by atoms with Gasteiger partial charge in [0.2, 0.25) is 11.8 Å². The first-order valence-electron chi connectivity index (χ1n) is 6.86. The van der Waals surface area contributed by atoms with E-state index in [9.17, 15) is 14.4 Å². The lowest BCUT2D eigenvalue weighted by Gasteiger charge is -2.33. The Bertz CT molecular complexity index is 583. The highest BCUT2D eigenvalue weighted by Crippen LogP contribution is 2.18. The van der Waals surface area contributed by atoms with Crippen LogP contribution < -0.4 is 10.2 Å². The average molecular weight is 289 g/mol. The first kappa shape index (κ1) is 15.0. The van der Waals surface area contributed by atoms with Crippen molar-refractivity contribution in [2.75, 3.05) is 25.5 Å². The topological polar surface area (TPSA) is 69.7 Å². The lowest BCUT2D eigenvalue weighted by atomic mass is 10.1. The van der Waals surface area contributed by atoms with Crippen LogP contribution in [0.2, 0.25) is 0 Å². The number of anilines is 1. The predicted molar refractivity (Wildman–Crippen MR) is 79.0 cm³/mol. The predicted octanol–water partition coefficient (Wildman–Crippen LogP) is 0.630.